The molecule has 0 amide bonds. The molecule has 0 saturated carbocycles. The predicted molar refractivity (Wildman–Crippen MR) is 41.5 cm³/mol. The van der Waals surface area contributed by atoms with Crippen LogP contribution in [0.3, 0.4) is 0 Å². The van der Waals surface area contributed by atoms with E-state index in [0.717, 1.165) is 0 Å². The zero-order valence-corrected chi connectivity index (χ0v) is 13.3. The van der Waals surface area contributed by atoms with Crippen molar-refractivity contribution in [3.63, 3.8) is 0 Å². The number of hydrogen-bond donors (Lipinski definition) is 2. The fourth-order valence-electron chi connectivity index (χ4n) is 0.755. The van der Waals surface area contributed by atoms with E-state index in [-0.39, 0.29) is 81.4 Å². The Morgan fingerprint density at radius 2 is 1.15 bits per heavy atom. The van der Waals surface area contributed by atoms with Crippen molar-refractivity contribution in [2.75, 3.05) is 0 Å². The summed E-state index contributed by atoms with van der Waals surface area (Å²) in [5, 5.41) is 16.9. The van der Waals surface area contributed by atoms with Crippen molar-refractivity contribution in [2.24, 2.45) is 0 Å². The van der Waals surface area contributed by atoms with Gasteiger partial charge in [-0.3, -0.25) is 0 Å². The maximum absolute atomic E-state index is 10.3. The average molecular weight is 300 g/mol. The van der Waals surface area contributed by atoms with Crippen LogP contribution in [0.4, 0.5) is 0 Å². The number of hydrogen-bond acceptors (Lipinski definition) is 2. The van der Waals surface area contributed by atoms with E-state index in [2.05, 4.69) is 0 Å². The molecule has 1 aromatic rings. The molecular formula is C8H7CsO4. The van der Waals surface area contributed by atoms with Crippen molar-refractivity contribution in [3.05, 3.63) is 35.4 Å². The van der Waals surface area contributed by atoms with Gasteiger partial charge in [-0.1, -0.05) is 0 Å². The van der Waals surface area contributed by atoms with Gasteiger partial charge in [-0.15, -0.1) is 0 Å². The van der Waals surface area contributed by atoms with Crippen LogP contribution in [0.2, 0.25) is 0 Å². The van der Waals surface area contributed by atoms with Gasteiger partial charge in [-0.05, 0) is 24.3 Å². The van der Waals surface area contributed by atoms with Crippen molar-refractivity contribution in [3.8, 4) is 0 Å². The fraction of sp³-hybridized carbons (Fsp3) is 0. The van der Waals surface area contributed by atoms with Crippen LogP contribution < -0.4 is 68.9 Å². The minimum absolute atomic E-state index is 0. The molecule has 2 N–H and O–H groups in total. The first-order valence-corrected chi connectivity index (χ1v) is 3.18. The van der Waals surface area contributed by atoms with E-state index < -0.39 is 11.9 Å². The van der Waals surface area contributed by atoms with E-state index >= 15 is 0 Å². The summed E-state index contributed by atoms with van der Waals surface area (Å²) in [6.07, 6.45) is 0. The topological polar surface area (TPSA) is 74.6 Å². The Hall–Kier alpha value is 0.212. The minimum Gasteiger partial charge on any atom is -1.00 e. The Kier molecular flexibility index (Phi) is 5.94. The molecule has 13 heavy (non-hydrogen) atoms. The first-order chi connectivity index (χ1) is 5.61. The van der Waals surface area contributed by atoms with Crippen LogP contribution in [0, 0.1) is 0 Å². The van der Waals surface area contributed by atoms with Crippen LogP contribution >= 0.6 is 0 Å². The molecule has 0 saturated heterocycles. The van der Waals surface area contributed by atoms with Gasteiger partial charge >= 0.3 is 80.8 Å². The third-order valence-electron chi connectivity index (χ3n) is 1.38. The number of carboxylic acid groups (broad SMARTS) is 2. The fourth-order valence-corrected chi connectivity index (χ4v) is 0.755. The number of carboxylic acids is 2. The van der Waals surface area contributed by atoms with E-state index in [4.69, 9.17) is 10.2 Å². The molecule has 0 aromatic heterocycles. The van der Waals surface area contributed by atoms with Crippen molar-refractivity contribution >= 4 is 11.9 Å². The second-order valence-corrected chi connectivity index (χ2v) is 2.19. The normalized spacial score (nSPS) is 8.62. The molecule has 0 fully saturated rings. The second kappa shape index (κ2) is 5.84. The summed E-state index contributed by atoms with van der Waals surface area (Å²) in [6.45, 7) is 0. The third-order valence-corrected chi connectivity index (χ3v) is 1.38. The molecule has 0 spiro atoms. The molecule has 0 bridgehead atoms. The first-order valence-electron chi connectivity index (χ1n) is 3.18. The quantitative estimate of drug-likeness (QED) is 0.676. The Morgan fingerprint density at radius 3 is 1.31 bits per heavy atom. The summed E-state index contributed by atoms with van der Waals surface area (Å²) in [6, 6.07) is 5.02. The van der Waals surface area contributed by atoms with Gasteiger partial charge in [0.2, 0.25) is 0 Å². The van der Waals surface area contributed by atoms with Crippen molar-refractivity contribution < 1.29 is 90.1 Å². The van der Waals surface area contributed by atoms with Crippen molar-refractivity contribution in [1.82, 2.24) is 0 Å². The largest absolute Gasteiger partial charge is 1.00 e. The smallest absolute Gasteiger partial charge is 1.00 e. The number of carbonyl (C=O) groups is 2. The van der Waals surface area contributed by atoms with Crippen LogP contribution in [0.5, 0.6) is 0 Å². The predicted octanol–water partition coefficient (Wildman–Crippen LogP) is -1.80. The monoisotopic (exact) mass is 300 g/mol. The van der Waals surface area contributed by atoms with E-state index in [9.17, 15) is 9.59 Å². The molecule has 0 heterocycles. The van der Waals surface area contributed by atoms with E-state index in [1.54, 1.807) is 0 Å². The minimum atomic E-state index is -1.06. The van der Waals surface area contributed by atoms with Crippen molar-refractivity contribution in [1.29, 1.82) is 0 Å². The van der Waals surface area contributed by atoms with E-state index in [1.165, 1.54) is 24.3 Å². The van der Waals surface area contributed by atoms with Crippen LogP contribution in [0.15, 0.2) is 24.3 Å². The molecule has 1 aromatic carbocycles. The molecule has 0 unspecified atom stereocenters. The summed E-state index contributed by atoms with van der Waals surface area (Å²) in [4.78, 5) is 20.7. The Labute approximate surface area is 135 Å². The summed E-state index contributed by atoms with van der Waals surface area (Å²) >= 11 is 0. The summed E-state index contributed by atoms with van der Waals surface area (Å²) in [7, 11) is 0. The Morgan fingerprint density at radius 1 is 0.923 bits per heavy atom. The SMILES string of the molecule is O=C(O)c1ccc(C(=O)O)cc1.[Cs+].[H-]. The Balaban J connectivity index is 0. The molecule has 1 rings (SSSR count). The van der Waals surface area contributed by atoms with Crippen molar-refractivity contribution in [2.45, 2.75) is 0 Å². The Bertz CT molecular complexity index is 290. The van der Waals surface area contributed by atoms with Gasteiger partial charge < -0.3 is 11.6 Å². The van der Waals surface area contributed by atoms with Gasteiger partial charge in [0, 0.05) is 0 Å². The molecule has 5 heteroatoms. The van der Waals surface area contributed by atoms with Gasteiger partial charge in [0.05, 0.1) is 11.1 Å². The van der Waals surface area contributed by atoms with Gasteiger partial charge in [0.1, 0.15) is 0 Å². The van der Waals surface area contributed by atoms with E-state index in [0.29, 0.717) is 0 Å². The molecule has 0 radical (unpaired) electrons. The molecule has 64 valence electrons. The molecule has 0 aliphatic carbocycles. The second-order valence-electron chi connectivity index (χ2n) is 2.19. The third kappa shape index (κ3) is 3.84. The number of rotatable bonds is 2. The average Bonchev–Trinajstić information content (AvgIpc) is 2.04. The van der Waals surface area contributed by atoms with Gasteiger partial charge in [-0.25, -0.2) is 9.59 Å². The summed E-state index contributed by atoms with van der Waals surface area (Å²) in [5.41, 5.74) is 0.167. The summed E-state index contributed by atoms with van der Waals surface area (Å²) in [5.74, 6) is -2.13. The summed E-state index contributed by atoms with van der Waals surface area (Å²) < 4.78 is 0. The zero-order valence-electron chi connectivity index (χ0n) is 8.02. The maximum atomic E-state index is 10.3. The van der Waals surface area contributed by atoms with Gasteiger partial charge in [0.15, 0.2) is 0 Å². The first kappa shape index (κ1) is 13.2. The van der Waals surface area contributed by atoms with Crippen LogP contribution in [-0.2, 0) is 0 Å². The molecule has 4 nitrogen and oxygen atoms in total. The van der Waals surface area contributed by atoms with E-state index in [1.807, 2.05) is 0 Å². The molecule has 0 aliphatic rings. The standard InChI is InChI=1S/C8H6O4.Cs.H/c9-7(10)5-1-2-6(4-3-5)8(11)12;;/h1-4H,(H,9,10)(H,11,12);;/q;+1;-1. The number of aromatic carboxylic acids is 2. The molecular weight excluding hydrogens is 293 g/mol. The maximum Gasteiger partial charge on any atom is 1.00 e. The molecule has 0 atom stereocenters. The van der Waals surface area contributed by atoms with Gasteiger partial charge in [-0.2, -0.15) is 0 Å². The van der Waals surface area contributed by atoms with Crippen LogP contribution in [-0.4, -0.2) is 22.2 Å². The number of benzene rings is 1. The van der Waals surface area contributed by atoms with Crippen LogP contribution in [0.1, 0.15) is 22.1 Å². The molecule has 0 aliphatic heterocycles. The van der Waals surface area contributed by atoms with Crippen LogP contribution in [0.25, 0.3) is 0 Å². The van der Waals surface area contributed by atoms with Gasteiger partial charge in [0.25, 0.3) is 0 Å². The zero-order chi connectivity index (χ0) is 9.14.